The van der Waals surface area contributed by atoms with Gasteiger partial charge in [0.25, 0.3) is 5.91 Å². The lowest BCUT2D eigenvalue weighted by Crippen LogP contribution is -2.31. The van der Waals surface area contributed by atoms with E-state index in [4.69, 9.17) is 4.42 Å². The van der Waals surface area contributed by atoms with Crippen molar-refractivity contribution in [2.24, 2.45) is 11.8 Å². The summed E-state index contributed by atoms with van der Waals surface area (Å²) >= 11 is 0. The van der Waals surface area contributed by atoms with Gasteiger partial charge in [0, 0.05) is 31.6 Å². The number of likely N-dealkylation sites (tertiary alicyclic amines) is 1. The first-order valence-corrected chi connectivity index (χ1v) is 6.79. The minimum atomic E-state index is 0.140. The smallest absolute Gasteiger partial charge is 0.254 e. The molecule has 2 aromatic rings. The lowest BCUT2D eigenvalue weighted by Gasteiger charge is -2.17. The Morgan fingerprint density at radius 1 is 1.21 bits per heavy atom. The Morgan fingerprint density at radius 2 is 2.00 bits per heavy atom. The molecule has 4 heteroatoms. The molecule has 2 aliphatic rings. The minimum Gasteiger partial charge on any atom is -0.464 e. The molecule has 0 saturated carbocycles. The van der Waals surface area contributed by atoms with E-state index in [-0.39, 0.29) is 5.91 Å². The number of hydrogen-bond acceptors (Lipinski definition) is 3. The van der Waals surface area contributed by atoms with Crippen LogP contribution < -0.4 is 5.32 Å². The number of furan rings is 1. The molecule has 0 spiro atoms. The number of rotatable bonds is 1. The minimum absolute atomic E-state index is 0.140. The van der Waals surface area contributed by atoms with E-state index in [0.717, 1.165) is 42.7 Å². The van der Waals surface area contributed by atoms with E-state index in [9.17, 15) is 4.79 Å². The summed E-state index contributed by atoms with van der Waals surface area (Å²) in [4.78, 5) is 14.7. The molecule has 0 bridgehead atoms. The van der Waals surface area contributed by atoms with Crippen LogP contribution in [-0.4, -0.2) is 37.0 Å². The molecule has 98 valence electrons. The second kappa shape index (κ2) is 4.10. The molecule has 19 heavy (non-hydrogen) atoms. The average molecular weight is 256 g/mol. The van der Waals surface area contributed by atoms with Crippen molar-refractivity contribution in [1.82, 2.24) is 10.2 Å². The Kier molecular flexibility index (Phi) is 2.38. The van der Waals surface area contributed by atoms with E-state index in [1.807, 2.05) is 29.2 Å². The average Bonchev–Trinajstić information content (AvgIpc) is 3.11. The molecule has 1 aromatic carbocycles. The summed E-state index contributed by atoms with van der Waals surface area (Å²) in [5.41, 5.74) is 1.55. The predicted octanol–water partition coefficient (Wildman–Crippen LogP) is 1.72. The van der Waals surface area contributed by atoms with Gasteiger partial charge in [-0.2, -0.15) is 0 Å². The molecule has 2 atom stereocenters. The van der Waals surface area contributed by atoms with Crippen LogP contribution in [0.5, 0.6) is 0 Å². The summed E-state index contributed by atoms with van der Waals surface area (Å²) in [5.74, 6) is 1.40. The molecule has 2 saturated heterocycles. The molecule has 2 fully saturated rings. The number of fused-ring (bicyclic) bond motifs is 2. The maximum absolute atomic E-state index is 12.7. The summed E-state index contributed by atoms with van der Waals surface area (Å²) in [6, 6.07) is 7.56. The molecule has 0 radical (unpaired) electrons. The number of benzene rings is 1. The number of carbonyl (C=O) groups excluding carboxylic acids is 1. The summed E-state index contributed by atoms with van der Waals surface area (Å²) < 4.78 is 5.37. The van der Waals surface area contributed by atoms with E-state index in [2.05, 4.69) is 5.32 Å². The number of hydrogen-bond donors (Lipinski definition) is 1. The lowest BCUT2D eigenvalue weighted by molar-refractivity contribution is 0.0783. The highest BCUT2D eigenvalue weighted by Gasteiger charge is 2.38. The van der Waals surface area contributed by atoms with Crippen molar-refractivity contribution in [1.29, 1.82) is 0 Å². The van der Waals surface area contributed by atoms with Crippen LogP contribution in [0.15, 0.2) is 34.9 Å². The molecule has 0 aliphatic carbocycles. The molecule has 2 aliphatic heterocycles. The summed E-state index contributed by atoms with van der Waals surface area (Å²) in [7, 11) is 0. The van der Waals surface area contributed by atoms with Crippen molar-refractivity contribution in [2.45, 2.75) is 0 Å². The Morgan fingerprint density at radius 3 is 2.79 bits per heavy atom. The van der Waals surface area contributed by atoms with Crippen LogP contribution in [0.2, 0.25) is 0 Å². The maximum atomic E-state index is 12.7. The maximum Gasteiger partial charge on any atom is 0.254 e. The molecule has 1 N–H and O–H groups in total. The number of nitrogens with one attached hydrogen (secondary N) is 1. The van der Waals surface area contributed by atoms with Gasteiger partial charge in [-0.15, -0.1) is 0 Å². The highest BCUT2D eigenvalue weighted by molar-refractivity contribution is 6.06. The van der Waals surface area contributed by atoms with Crippen LogP contribution in [0.25, 0.3) is 11.0 Å². The molecular weight excluding hydrogens is 240 g/mol. The van der Waals surface area contributed by atoms with Crippen molar-refractivity contribution in [3.05, 3.63) is 36.1 Å². The van der Waals surface area contributed by atoms with Gasteiger partial charge in [0.1, 0.15) is 5.58 Å². The third-order valence-corrected chi connectivity index (χ3v) is 4.40. The zero-order valence-electron chi connectivity index (χ0n) is 10.6. The monoisotopic (exact) mass is 256 g/mol. The Balaban J connectivity index is 1.65. The van der Waals surface area contributed by atoms with Crippen LogP contribution in [0.4, 0.5) is 0 Å². The fourth-order valence-electron chi connectivity index (χ4n) is 3.37. The largest absolute Gasteiger partial charge is 0.464 e. The second-order valence-electron chi connectivity index (χ2n) is 5.53. The van der Waals surface area contributed by atoms with Crippen LogP contribution in [0.1, 0.15) is 10.4 Å². The fraction of sp³-hybridized carbons (Fsp3) is 0.400. The summed E-state index contributed by atoms with van der Waals surface area (Å²) in [6.07, 6.45) is 1.64. The van der Waals surface area contributed by atoms with E-state index in [1.54, 1.807) is 6.26 Å². The van der Waals surface area contributed by atoms with Gasteiger partial charge in [0.05, 0.1) is 11.8 Å². The number of amides is 1. The van der Waals surface area contributed by atoms with E-state index < -0.39 is 0 Å². The van der Waals surface area contributed by atoms with Crippen LogP contribution in [-0.2, 0) is 0 Å². The van der Waals surface area contributed by atoms with Gasteiger partial charge >= 0.3 is 0 Å². The van der Waals surface area contributed by atoms with E-state index >= 15 is 0 Å². The summed E-state index contributed by atoms with van der Waals surface area (Å²) in [5, 5.41) is 4.32. The molecule has 4 nitrogen and oxygen atoms in total. The first-order chi connectivity index (χ1) is 9.33. The highest BCUT2D eigenvalue weighted by atomic mass is 16.3. The van der Waals surface area contributed by atoms with Crippen molar-refractivity contribution < 1.29 is 9.21 Å². The molecule has 1 amide bonds. The van der Waals surface area contributed by atoms with E-state index in [0.29, 0.717) is 11.8 Å². The van der Waals surface area contributed by atoms with Gasteiger partial charge in [0.2, 0.25) is 0 Å². The van der Waals surface area contributed by atoms with Gasteiger partial charge in [-0.25, -0.2) is 0 Å². The zero-order chi connectivity index (χ0) is 12.8. The number of carbonyl (C=O) groups is 1. The molecule has 1 aromatic heterocycles. The first kappa shape index (κ1) is 11.1. The lowest BCUT2D eigenvalue weighted by atomic mass is 10.0. The topological polar surface area (TPSA) is 45.5 Å². The van der Waals surface area contributed by atoms with Gasteiger partial charge in [-0.1, -0.05) is 6.07 Å². The van der Waals surface area contributed by atoms with Crippen LogP contribution in [0, 0.1) is 11.8 Å². The number of nitrogens with zero attached hydrogens (tertiary/aromatic N) is 1. The normalized spacial score (nSPS) is 26.0. The first-order valence-electron chi connectivity index (χ1n) is 6.79. The van der Waals surface area contributed by atoms with Gasteiger partial charge in [-0.05, 0) is 30.0 Å². The Bertz CT molecular complexity index is 622. The molecule has 2 unspecified atom stereocenters. The SMILES string of the molecule is O=C(c1cccc2occc12)N1CC2CNCC2C1. The van der Waals surface area contributed by atoms with Crippen molar-refractivity contribution >= 4 is 16.9 Å². The van der Waals surface area contributed by atoms with Gasteiger partial charge in [-0.3, -0.25) is 4.79 Å². The molecule has 4 rings (SSSR count). The van der Waals surface area contributed by atoms with Crippen LogP contribution >= 0.6 is 0 Å². The summed E-state index contributed by atoms with van der Waals surface area (Å²) in [6.45, 7) is 3.85. The zero-order valence-corrected chi connectivity index (χ0v) is 10.6. The predicted molar refractivity (Wildman–Crippen MR) is 72.0 cm³/mol. The Labute approximate surface area is 111 Å². The van der Waals surface area contributed by atoms with Crippen molar-refractivity contribution in [3.8, 4) is 0 Å². The van der Waals surface area contributed by atoms with Gasteiger partial charge < -0.3 is 14.6 Å². The molecular formula is C15H16N2O2. The van der Waals surface area contributed by atoms with Gasteiger partial charge in [0.15, 0.2) is 0 Å². The molecule has 3 heterocycles. The third kappa shape index (κ3) is 1.67. The second-order valence-corrected chi connectivity index (χ2v) is 5.53. The van der Waals surface area contributed by atoms with E-state index in [1.165, 1.54) is 0 Å². The quantitative estimate of drug-likeness (QED) is 0.845. The standard InChI is InChI=1S/C15H16N2O2/c18-15(17-8-10-6-16-7-11(10)9-17)13-2-1-3-14-12(13)4-5-19-14/h1-5,10-11,16H,6-9H2. The fourth-order valence-corrected chi connectivity index (χ4v) is 3.37. The highest BCUT2D eigenvalue weighted by Crippen LogP contribution is 2.29. The van der Waals surface area contributed by atoms with Crippen LogP contribution in [0.3, 0.4) is 0 Å². The van der Waals surface area contributed by atoms with Crippen molar-refractivity contribution in [3.63, 3.8) is 0 Å². The Hall–Kier alpha value is -1.81. The van der Waals surface area contributed by atoms with Crippen molar-refractivity contribution in [2.75, 3.05) is 26.2 Å². The third-order valence-electron chi connectivity index (χ3n) is 4.40.